The number of aromatic nitrogens is 2. The summed E-state index contributed by atoms with van der Waals surface area (Å²) in [5, 5.41) is 2.68. The van der Waals surface area contributed by atoms with Gasteiger partial charge in [0.1, 0.15) is 0 Å². The summed E-state index contributed by atoms with van der Waals surface area (Å²) < 4.78 is 0. The third-order valence-electron chi connectivity index (χ3n) is 3.60. The second kappa shape index (κ2) is 7.15. The van der Waals surface area contributed by atoms with E-state index in [-0.39, 0.29) is 5.91 Å². The van der Waals surface area contributed by atoms with Gasteiger partial charge in [0.25, 0.3) is 0 Å². The summed E-state index contributed by atoms with van der Waals surface area (Å²) in [4.78, 5) is 22.5. The van der Waals surface area contributed by atoms with Gasteiger partial charge in [-0.2, -0.15) is 0 Å². The number of hydrogen-bond donors (Lipinski definition) is 0. The molecule has 23 heavy (non-hydrogen) atoms. The highest BCUT2D eigenvalue weighted by Crippen LogP contribution is 2.26. The van der Waals surface area contributed by atoms with Crippen LogP contribution in [0.2, 0.25) is 0 Å². The molecule has 3 rings (SSSR count). The van der Waals surface area contributed by atoms with Gasteiger partial charge in [0.15, 0.2) is 5.13 Å². The van der Waals surface area contributed by atoms with Crippen molar-refractivity contribution in [1.82, 2.24) is 9.97 Å². The van der Waals surface area contributed by atoms with Crippen LogP contribution in [0, 0.1) is 0 Å². The van der Waals surface area contributed by atoms with Crippen molar-refractivity contribution in [3.63, 3.8) is 0 Å². The Morgan fingerprint density at radius 3 is 2.61 bits per heavy atom. The Morgan fingerprint density at radius 2 is 1.87 bits per heavy atom. The van der Waals surface area contributed by atoms with Crippen LogP contribution in [0.15, 0.2) is 60.2 Å². The van der Waals surface area contributed by atoms with E-state index in [9.17, 15) is 4.79 Å². The van der Waals surface area contributed by atoms with E-state index in [0.29, 0.717) is 6.42 Å². The molecule has 5 heteroatoms. The summed E-state index contributed by atoms with van der Waals surface area (Å²) in [7, 11) is 1.78. The Bertz CT molecular complexity index is 771. The zero-order chi connectivity index (χ0) is 16.1. The van der Waals surface area contributed by atoms with Crippen LogP contribution in [0.3, 0.4) is 0 Å². The number of hydrogen-bond acceptors (Lipinski definition) is 4. The minimum Gasteiger partial charge on any atom is -0.291 e. The highest BCUT2D eigenvalue weighted by molar-refractivity contribution is 7.14. The molecule has 0 radical (unpaired) electrons. The highest BCUT2D eigenvalue weighted by Gasteiger charge is 2.15. The molecule has 2 heterocycles. The molecule has 0 saturated carbocycles. The Labute approximate surface area is 139 Å². The molecule has 0 aliphatic rings. The number of aryl methyl sites for hydroxylation is 1. The highest BCUT2D eigenvalue weighted by atomic mass is 32.1. The third kappa shape index (κ3) is 3.81. The third-order valence-corrected chi connectivity index (χ3v) is 4.52. The second-order valence-electron chi connectivity index (χ2n) is 5.19. The normalized spacial score (nSPS) is 10.5. The number of benzene rings is 1. The van der Waals surface area contributed by atoms with Gasteiger partial charge in [-0.1, -0.05) is 30.3 Å². The fourth-order valence-corrected chi connectivity index (χ4v) is 3.06. The predicted octanol–water partition coefficient (Wildman–Crippen LogP) is 3.80. The molecular formula is C18H17N3OS. The fourth-order valence-electron chi connectivity index (χ4n) is 2.24. The van der Waals surface area contributed by atoms with E-state index < -0.39 is 0 Å². The summed E-state index contributed by atoms with van der Waals surface area (Å²) in [5.74, 6) is 0.0736. The Hall–Kier alpha value is -2.53. The topological polar surface area (TPSA) is 46.1 Å². The van der Waals surface area contributed by atoms with Gasteiger partial charge < -0.3 is 0 Å². The number of anilines is 1. The first-order chi connectivity index (χ1) is 11.2. The first kappa shape index (κ1) is 15.4. The molecule has 0 spiro atoms. The van der Waals surface area contributed by atoms with Gasteiger partial charge in [-0.3, -0.25) is 14.7 Å². The van der Waals surface area contributed by atoms with Crippen molar-refractivity contribution in [3.05, 3.63) is 65.8 Å². The minimum atomic E-state index is 0.0736. The van der Waals surface area contributed by atoms with Crippen molar-refractivity contribution in [1.29, 1.82) is 0 Å². The number of rotatable bonds is 5. The molecular weight excluding hydrogens is 306 g/mol. The summed E-state index contributed by atoms with van der Waals surface area (Å²) in [6.45, 7) is 0. The van der Waals surface area contributed by atoms with Crippen molar-refractivity contribution in [2.45, 2.75) is 12.8 Å². The number of carbonyl (C=O) groups is 1. The van der Waals surface area contributed by atoms with Crippen molar-refractivity contribution >= 4 is 22.4 Å². The van der Waals surface area contributed by atoms with E-state index in [2.05, 4.69) is 9.97 Å². The Kier molecular flexibility index (Phi) is 4.78. The SMILES string of the molecule is CN(C(=O)CCc1ccccc1)c1nc(-c2ccncc2)cs1. The molecule has 0 aliphatic heterocycles. The van der Waals surface area contributed by atoms with Crippen molar-refractivity contribution < 1.29 is 4.79 Å². The lowest BCUT2D eigenvalue weighted by molar-refractivity contribution is -0.118. The average molecular weight is 323 g/mol. The molecule has 1 aromatic carbocycles. The maximum atomic E-state index is 12.3. The van der Waals surface area contributed by atoms with E-state index in [1.165, 1.54) is 16.9 Å². The molecule has 3 aromatic rings. The largest absolute Gasteiger partial charge is 0.291 e. The number of carbonyl (C=O) groups excluding carboxylic acids is 1. The van der Waals surface area contributed by atoms with Crippen LogP contribution in [0.25, 0.3) is 11.3 Å². The molecule has 0 aliphatic carbocycles. The molecule has 0 atom stereocenters. The van der Waals surface area contributed by atoms with Gasteiger partial charge >= 0.3 is 0 Å². The maximum Gasteiger partial charge on any atom is 0.228 e. The van der Waals surface area contributed by atoms with Crippen LogP contribution in [0.5, 0.6) is 0 Å². The average Bonchev–Trinajstić information content (AvgIpc) is 3.11. The molecule has 4 nitrogen and oxygen atoms in total. The number of nitrogens with zero attached hydrogens (tertiary/aromatic N) is 3. The van der Waals surface area contributed by atoms with E-state index in [0.717, 1.165) is 22.8 Å². The van der Waals surface area contributed by atoms with E-state index >= 15 is 0 Å². The van der Waals surface area contributed by atoms with Crippen LogP contribution >= 0.6 is 11.3 Å². The van der Waals surface area contributed by atoms with Gasteiger partial charge in [0.05, 0.1) is 5.69 Å². The monoisotopic (exact) mass is 323 g/mol. The predicted molar refractivity (Wildman–Crippen MR) is 93.5 cm³/mol. The lowest BCUT2D eigenvalue weighted by Gasteiger charge is -2.13. The van der Waals surface area contributed by atoms with Gasteiger partial charge in [0.2, 0.25) is 5.91 Å². The van der Waals surface area contributed by atoms with Gasteiger partial charge in [-0.05, 0) is 24.1 Å². The smallest absolute Gasteiger partial charge is 0.228 e. The van der Waals surface area contributed by atoms with Crippen LogP contribution < -0.4 is 4.90 Å². The molecule has 0 fully saturated rings. The molecule has 0 saturated heterocycles. The number of thiazole rings is 1. The zero-order valence-corrected chi connectivity index (χ0v) is 13.7. The Morgan fingerprint density at radius 1 is 1.13 bits per heavy atom. The first-order valence-corrected chi connectivity index (χ1v) is 8.28. The number of amides is 1. The fraction of sp³-hybridized carbons (Fsp3) is 0.167. The standard InChI is InChI=1S/C18H17N3OS/c1-21(17(22)8-7-14-5-3-2-4-6-14)18-20-16(13-23-18)15-9-11-19-12-10-15/h2-6,9-13H,7-8H2,1H3. The summed E-state index contributed by atoms with van der Waals surface area (Å²) >= 11 is 1.48. The molecule has 116 valence electrons. The van der Waals surface area contributed by atoms with Crippen molar-refractivity contribution in [2.24, 2.45) is 0 Å². The van der Waals surface area contributed by atoms with Gasteiger partial charge in [-0.15, -0.1) is 11.3 Å². The molecule has 1 amide bonds. The lowest BCUT2D eigenvalue weighted by Crippen LogP contribution is -2.26. The number of pyridine rings is 1. The van der Waals surface area contributed by atoms with E-state index in [4.69, 9.17) is 0 Å². The zero-order valence-electron chi connectivity index (χ0n) is 12.8. The molecule has 2 aromatic heterocycles. The molecule has 0 N–H and O–H groups in total. The van der Waals surface area contributed by atoms with Gasteiger partial charge in [0, 0.05) is 36.8 Å². The summed E-state index contributed by atoms with van der Waals surface area (Å²) in [5.41, 5.74) is 3.05. The summed E-state index contributed by atoms with van der Waals surface area (Å²) in [6.07, 6.45) is 4.70. The molecule has 0 bridgehead atoms. The van der Waals surface area contributed by atoms with Crippen molar-refractivity contribution in [2.75, 3.05) is 11.9 Å². The van der Waals surface area contributed by atoms with Gasteiger partial charge in [-0.25, -0.2) is 4.98 Å². The van der Waals surface area contributed by atoms with Crippen LogP contribution in [-0.4, -0.2) is 22.9 Å². The van der Waals surface area contributed by atoms with E-state index in [1.54, 1.807) is 24.3 Å². The lowest BCUT2D eigenvalue weighted by atomic mass is 10.1. The quantitative estimate of drug-likeness (QED) is 0.717. The first-order valence-electron chi connectivity index (χ1n) is 7.40. The van der Waals surface area contributed by atoms with Crippen LogP contribution in [0.4, 0.5) is 5.13 Å². The van der Waals surface area contributed by atoms with Crippen LogP contribution in [-0.2, 0) is 11.2 Å². The Balaban J connectivity index is 1.65. The maximum absolute atomic E-state index is 12.3. The van der Waals surface area contributed by atoms with Crippen molar-refractivity contribution in [3.8, 4) is 11.3 Å². The summed E-state index contributed by atoms with van der Waals surface area (Å²) in [6, 6.07) is 13.9. The van der Waals surface area contributed by atoms with Crippen LogP contribution in [0.1, 0.15) is 12.0 Å². The van der Waals surface area contributed by atoms with E-state index in [1.807, 2.05) is 47.8 Å². The second-order valence-corrected chi connectivity index (χ2v) is 6.03. The minimum absolute atomic E-state index is 0.0736. The molecule has 0 unspecified atom stereocenters.